The highest BCUT2D eigenvalue weighted by Gasteiger charge is 2.69. The Kier molecular flexibility index (Phi) is 5.63. The van der Waals surface area contributed by atoms with Crippen LogP contribution in [-0.2, 0) is 14.4 Å². The Morgan fingerprint density at radius 1 is 0.947 bits per heavy atom. The number of aliphatic carboxylic acids is 1. The summed E-state index contributed by atoms with van der Waals surface area (Å²) in [5.41, 5.74) is 3.40. The number of likely N-dealkylation sites (tertiary alicyclic amines) is 1. The van der Waals surface area contributed by atoms with E-state index in [1.54, 1.807) is 11.8 Å². The highest BCUT2D eigenvalue weighted by molar-refractivity contribution is 8.00. The maximum Gasteiger partial charge on any atom is 0.305 e. The molecule has 1 aromatic heterocycles. The van der Waals surface area contributed by atoms with Crippen molar-refractivity contribution in [3.05, 3.63) is 74.7 Å². The number of hydrogen-bond acceptors (Lipinski definition) is 6. The van der Waals surface area contributed by atoms with Crippen LogP contribution in [0.5, 0.6) is 0 Å². The summed E-state index contributed by atoms with van der Waals surface area (Å²) in [5.74, 6) is -1.59. The van der Waals surface area contributed by atoms with E-state index < -0.39 is 5.97 Å². The van der Waals surface area contributed by atoms with Crippen LogP contribution >= 0.6 is 23.1 Å². The van der Waals surface area contributed by atoms with Crippen molar-refractivity contribution in [1.29, 1.82) is 0 Å². The second-order valence-electron chi connectivity index (χ2n) is 10.8. The molecule has 7 rings (SSSR count). The first kappa shape index (κ1) is 23.9. The Balaban J connectivity index is 1.24. The Labute approximate surface area is 227 Å². The molecule has 9 heteroatoms. The summed E-state index contributed by atoms with van der Waals surface area (Å²) in [6.45, 7) is 0.171. The molecule has 1 saturated heterocycles. The van der Waals surface area contributed by atoms with Crippen LogP contribution in [0.1, 0.15) is 35.6 Å². The number of nitrogens with one attached hydrogen (secondary N) is 1. The third kappa shape index (κ3) is 3.55. The molecule has 2 aliphatic heterocycles. The Morgan fingerprint density at radius 3 is 2.34 bits per heavy atom. The molecule has 3 aromatic rings. The monoisotopic (exact) mass is 546 g/mol. The molecule has 194 valence electrons. The van der Waals surface area contributed by atoms with Gasteiger partial charge in [-0.15, -0.1) is 11.8 Å². The van der Waals surface area contributed by atoms with E-state index in [1.165, 1.54) is 16.2 Å². The third-order valence-corrected chi connectivity index (χ3v) is 11.6. The molecule has 2 saturated carbocycles. The second-order valence-corrected chi connectivity index (χ2v) is 13.0. The first-order chi connectivity index (χ1) is 18.4. The molecule has 3 fully saturated rings. The molecule has 7 nitrogen and oxygen atoms in total. The lowest BCUT2D eigenvalue weighted by Gasteiger charge is -2.43. The van der Waals surface area contributed by atoms with Crippen LogP contribution in [-0.4, -0.2) is 44.6 Å². The zero-order valence-electron chi connectivity index (χ0n) is 20.4. The molecule has 3 heterocycles. The molecule has 2 bridgehead atoms. The van der Waals surface area contributed by atoms with Crippen molar-refractivity contribution >= 4 is 40.9 Å². The van der Waals surface area contributed by atoms with Gasteiger partial charge < -0.3 is 10.1 Å². The van der Waals surface area contributed by atoms with Gasteiger partial charge in [0.05, 0.1) is 16.9 Å². The van der Waals surface area contributed by atoms with Crippen LogP contribution in [0.25, 0.3) is 11.1 Å². The van der Waals surface area contributed by atoms with E-state index in [9.17, 15) is 19.2 Å². The number of H-pyrrole nitrogens is 1. The van der Waals surface area contributed by atoms with Gasteiger partial charge in [0, 0.05) is 29.0 Å². The van der Waals surface area contributed by atoms with E-state index in [-0.39, 0.29) is 76.8 Å². The van der Waals surface area contributed by atoms with E-state index in [2.05, 4.69) is 41.4 Å². The number of imide groups is 1. The van der Waals surface area contributed by atoms with Crippen LogP contribution < -0.4 is 4.87 Å². The van der Waals surface area contributed by atoms with E-state index >= 15 is 0 Å². The van der Waals surface area contributed by atoms with Gasteiger partial charge in [0.25, 0.3) is 0 Å². The van der Waals surface area contributed by atoms with Gasteiger partial charge in [0.2, 0.25) is 11.8 Å². The Bertz CT molecular complexity index is 1500. The van der Waals surface area contributed by atoms with Crippen LogP contribution in [0.4, 0.5) is 0 Å². The van der Waals surface area contributed by atoms with Gasteiger partial charge in [0.15, 0.2) is 0 Å². The summed E-state index contributed by atoms with van der Waals surface area (Å²) in [7, 11) is 0. The number of thioether (sulfide) groups is 1. The topological polar surface area (TPSA) is 108 Å². The van der Waals surface area contributed by atoms with Crippen molar-refractivity contribution in [3.63, 3.8) is 0 Å². The maximum atomic E-state index is 13.5. The normalized spacial score (nSPS) is 30.8. The summed E-state index contributed by atoms with van der Waals surface area (Å²) in [4.78, 5) is 55.7. The minimum absolute atomic E-state index is 0.00932. The highest BCUT2D eigenvalue weighted by Crippen LogP contribution is 2.68. The summed E-state index contributed by atoms with van der Waals surface area (Å²) >= 11 is 2.94. The van der Waals surface area contributed by atoms with E-state index in [4.69, 9.17) is 5.11 Å². The van der Waals surface area contributed by atoms with Crippen LogP contribution in [0.2, 0.25) is 0 Å². The number of amides is 2. The summed E-state index contributed by atoms with van der Waals surface area (Å²) < 4.78 is 0. The fourth-order valence-corrected chi connectivity index (χ4v) is 10.5. The number of thiazole rings is 1. The predicted molar refractivity (Wildman–Crippen MR) is 144 cm³/mol. The quantitative estimate of drug-likeness (QED) is 0.443. The Hall–Kier alpha value is -3.17. The largest absolute Gasteiger partial charge is 0.481 e. The van der Waals surface area contributed by atoms with Gasteiger partial charge in [-0.1, -0.05) is 65.9 Å². The fraction of sp³-hybridized carbons (Fsp3) is 0.379. The lowest BCUT2D eigenvalue weighted by molar-refractivity contribution is -0.142. The standard InChI is InChI=1S/C29H26N2O5S2/c32-19(33)7-4-12-31-27(34)22-17-13-18(23(22)28(31)35)24-21(17)20(25-26(37-24)30-29(36)38-25)16-10-8-15(9-11-16)14-5-2-1-3-6-14/h1-3,5-6,8-11,17-18,20-24H,4,7,12-13H2,(H,30,36)(H,32,33). The summed E-state index contributed by atoms with van der Waals surface area (Å²) in [5, 5.41) is 10.1. The number of carboxylic acids is 1. The molecule has 7 unspecified atom stereocenters. The van der Waals surface area contributed by atoms with Crippen molar-refractivity contribution in [3.8, 4) is 11.1 Å². The number of carboxylic acid groups (broad SMARTS) is 1. The smallest absolute Gasteiger partial charge is 0.305 e. The maximum absolute atomic E-state index is 13.5. The molecule has 7 atom stereocenters. The van der Waals surface area contributed by atoms with Gasteiger partial charge in [-0.2, -0.15) is 0 Å². The summed E-state index contributed by atoms with van der Waals surface area (Å²) in [6.07, 6.45) is 1.06. The minimum Gasteiger partial charge on any atom is -0.481 e. The SMILES string of the molecule is O=C(O)CCCN1C(=O)C2C3CC(C2C1=O)C1C(c2ccc(-c4ccccc4)cc2)c2sc(=O)[nH]c2SC31. The molecular weight excluding hydrogens is 520 g/mol. The number of carbonyl (C=O) groups excluding carboxylic acids is 2. The number of aromatic nitrogens is 1. The minimum atomic E-state index is -0.923. The second kappa shape index (κ2) is 8.95. The average molecular weight is 547 g/mol. The van der Waals surface area contributed by atoms with Crippen LogP contribution in [0.3, 0.4) is 0 Å². The zero-order chi connectivity index (χ0) is 26.1. The zero-order valence-corrected chi connectivity index (χ0v) is 22.0. The number of hydrogen-bond donors (Lipinski definition) is 2. The number of benzene rings is 2. The molecular formula is C29H26N2O5S2. The first-order valence-electron chi connectivity index (χ1n) is 13.0. The Morgan fingerprint density at radius 2 is 1.63 bits per heavy atom. The fourth-order valence-electron chi connectivity index (χ4n) is 7.57. The molecule has 0 radical (unpaired) electrons. The van der Waals surface area contributed by atoms with Crippen molar-refractivity contribution in [2.45, 2.75) is 35.5 Å². The van der Waals surface area contributed by atoms with Gasteiger partial charge >= 0.3 is 10.8 Å². The molecule has 38 heavy (non-hydrogen) atoms. The van der Waals surface area contributed by atoms with Gasteiger partial charge in [0.1, 0.15) is 0 Å². The van der Waals surface area contributed by atoms with Crippen LogP contribution in [0, 0.1) is 29.6 Å². The highest BCUT2D eigenvalue weighted by atomic mass is 32.2. The number of rotatable bonds is 6. The molecule has 2 aromatic carbocycles. The lowest BCUT2D eigenvalue weighted by Crippen LogP contribution is -2.42. The molecule has 2 N–H and O–H groups in total. The molecule has 4 aliphatic rings. The van der Waals surface area contributed by atoms with E-state index in [0.717, 1.165) is 33.0 Å². The average Bonchev–Trinajstić information content (AvgIpc) is 3.64. The molecule has 2 aliphatic carbocycles. The van der Waals surface area contributed by atoms with Crippen molar-refractivity contribution in [2.24, 2.45) is 29.6 Å². The number of fused-ring (bicyclic) bond motifs is 9. The van der Waals surface area contributed by atoms with Crippen molar-refractivity contribution in [1.82, 2.24) is 9.88 Å². The van der Waals surface area contributed by atoms with Gasteiger partial charge in [-0.25, -0.2) is 0 Å². The predicted octanol–water partition coefficient (Wildman–Crippen LogP) is 4.44. The van der Waals surface area contributed by atoms with Gasteiger partial charge in [-0.3, -0.25) is 24.1 Å². The number of carbonyl (C=O) groups is 3. The van der Waals surface area contributed by atoms with E-state index in [1.807, 2.05) is 18.2 Å². The number of aromatic amines is 1. The van der Waals surface area contributed by atoms with Crippen molar-refractivity contribution < 1.29 is 19.5 Å². The molecule has 0 spiro atoms. The summed E-state index contributed by atoms with van der Waals surface area (Å²) in [6, 6.07) is 18.8. The van der Waals surface area contributed by atoms with E-state index in [0.29, 0.717) is 0 Å². The van der Waals surface area contributed by atoms with Gasteiger partial charge in [-0.05, 0) is 47.3 Å². The number of nitrogens with zero attached hydrogens (tertiary/aromatic N) is 1. The lowest BCUT2D eigenvalue weighted by atomic mass is 9.68. The molecule has 2 amide bonds. The van der Waals surface area contributed by atoms with Crippen molar-refractivity contribution in [2.75, 3.05) is 6.54 Å². The van der Waals surface area contributed by atoms with Crippen LogP contribution in [0.15, 0.2) is 64.4 Å². The third-order valence-electron chi connectivity index (χ3n) is 8.96. The first-order valence-corrected chi connectivity index (χ1v) is 14.7.